The first-order valence-electron chi connectivity index (χ1n) is 7.83. The zero-order chi connectivity index (χ0) is 18.5. The van der Waals surface area contributed by atoms with Crippen molar-refractivity contribution in [3.05, 3.63) is 70.7 Å². The zero-order valence-electron chi connectivity index (χ0n) is 13.9. The smallest absolute Gasteiger partial charge is 0.137 e. The topological polar surface area (TPSA) is 69.4 Å². The van der Waals surface area contributed by atoms with Crippen LogP contribution in [0.4, 0.5) is 0 Å². The zero-order valence-corrected chi connectivity index (χ0v) is 15.4. The Kier molecular flexibility index (Phi) is 6.11. The van der Waals surface area contributed by atoms with Crippen LogP contribution in [0.3, 0.4) is 0 Å². The van der Waals surface area contributed by atoms with Crippen LogP contribution in [-0.4, -0.2) is 33.1 Å². The minimum absolute atomic E-state index is 0.234. The van der Waals surface area contributed by atoms with Gasteiger partial charge in [0.15, 0.2) is 0 Å². The van der Waals surface area contributed by atoms with Gasteiger partial charge in [0, 0.05) is 17.7 Å². The van der Waals surface area contributed by atoms with E-state index in [4.69, 9.17) is 32.7 Å². The maximum absolute atomic E-state index is 10.5. The molecular formula is C18H17Cl2N3O3. The van der Waals surface area contributed by atoms with E-state index in [2.05, 4.69) is 10.1 Å². The van der Waals surface area contributed by atoms with Gasteiger partial charge in [0.2, 0.25) is 0 Å². The van der Waals surface area contributed by atoms with E-state index in [-0.39, 0.29) is 6.54 Å². The van der Waals surface area contributed by atoms with Crippen molar-refractivity contribution >= 4 is 23.2 Å². The van der Waals surface area contributed by atoms with Gasteiger partial charge in [0.05, 0.1) is 11.6 Å². The van der Waals surface area contributed by atoms with E-state index in [1.54, 1.807) is 42.5 Å². The summed E-state index contributed by atoms with van der Waals surface area (Å²) in [5.41, 5.74) is 0.658. The molecule has 2 unspecified atom stereocenters. The van der Waals surface area contributed by atoms with Gasteiger partial charge in [-0.3, -0.25) is 4.68 Å². The Morgan fingerprint density at radius 3 is 2.46 bits per heavy atom. The van der Waals surface area contributed by atoms with Gasteiger partial charge < -0.3 is 14.6 Å². The number of methoxy groups -OCH3 is 1. The number of nitrogens with zero attached hydrogens (tertiary/aromatic N) is 3. The van der Waals surface area contributed by atoms with Crippen molar-refractivity contribution in [1.82, 2.24) is 14.8 Å². The molecule has 2 aromatic carbocycles. The van der Waals surface area contributed by atoms with Crippen LogP contribution in [-0.2, 0) is 11.3 Å². The molecule has 0 bridgehead atoms. The summed E-state index contributed by atoms with van der Waals surface area (Å²) in [6, 6.07) is 12.2. The molecule has 0 aliphatic carbocycles. The molecule has 2 atom stereocenters. The fourth-order valence-corrected chi connectivity index (χ4v) is 2.95. The number of benzene rings is 2. The van der Waals surface area contributed by atoms with Crippen LogP contribution in [0.2, 0.25) is 10.0 Å². The molecule has 0 amide bonds. The van der Waals surface area contributed by atoms with E-state index in [0.29, 0.717) is 27.1 Å². The molecule has 8 heteroatoms. The Balaban J connectivity index is 1.75. The Labute approximate surface area is 160 Å². The van der Waals surface area contributed by atoms with Crippen molar-refractivity contribution in [1.29, 1.82) is 0 Å². The molecule has 0 radical (unpaired) electrons. The Morgan fingerprint density at radius 1 is 1.12 bits per heavy atom. The number of aliphatic hydroxyl groups is 1. The van der Waals surface area contributed by atoms with E-state index in [0.717, 1.165) is 0 Å². The number of aromatic nitrogens is 3. The maximum atomic E-state index is 10.5. The third-order valence-corrected chi connectivity index (χ3v) is 4.35. The quantitative estimate of drug-likeness (QED) is 0.653. The predicted molar refractivity (Wildman–Crippen MR) is 98.8 cm³/mol. The molecule has 0 aliphatic rings. The normalized spacial score (nSPS) is 13.4. The molecule has 6 nitrogen and oxygen atoms in total. The summed E-state index contributed by atoms with van der Waals surface area (Å²) in [6.07, 6.45) is 1.48. The van der Waals surface area contributed by atoms with Gasteiger partial charge in [-0.05, 0) is 36.4 Å². The van der Waals surface area contributed by atoms with Gasteiger partial charge in [-0.1, -0.05) is 29.3 Å². The maximum Gasteiger partial charge on any atom is 0.137 e. The highest BCUT2D eigenvalue weighted by atomic mass is 35.5. The van der Waals surface area contributed by atoms with Crippen molar-refractivity contribution in [2.45, 2.75) is 18.8 Å². The van der Waals surface area contributed by atoms with Crippen molar-refractivity contribution in [2.75, 3.05) is 7.11 Å². The number of ether oxygens (including phenoxy) is 2. The summed E-state index contributed by atoms with van der Waals surface area (Å²) in [7, 11) is 1.52. The fraction of sp³-hybridized carbons (Fsp3) is 0.222. The second kappa shape index (κ2) is 8.51. The lowest BCUT2D eigenvalue weighted by molar-refractivity contribution is -0.0229. The average Bonchev–Trinajstić information content (AvgIpc) is 3.12. The third kappa shape index (κ3) is 4.53. The van der Waals surface area contributed by atoms with E-state index in [1.165, 1.54) is 24.4 Å². The van der Waals surface area contributed by atoms with Gasteiger partial charge in [0.1, 0.15) is 36.4 Å². The van der Waals surface area contributed by atoms with Crippen LogP contribution in [0.5, 0.6) is 11.5 Å². The molecule has 136 valence electrons. The first-order chi connectivity index (χ1) is 12.6. The summed E-state index contributed by atoms with van der Waals surface area (Å²) in [5.74, 6) is 1.22. The fourth-order valence-electron chi connectivity index (χ4n) is 2.55. The van der Waals surface area contributed by atoms with Crippen LogP contribution >= 0.6 is 23.2 Å². The van der Waals surface area contributed by atoms with Crippen LogP contribution in [0.25, 0.3) is 0 Å². The monoisotopic (exact) mass is 393 g/mol. The lowest BCUT2D eigenvalue weighted by Gasteiger charge is -2.23. The summed E-state index contributed by atoms with van der Waals surface area (Å²) in [6.45, 7) is 0.234. The first-order valence-corrected chi connectivity index (χ1v) is 8.58. The van der Waals surface area contributed by atoms with Crippen LogP contribution in [0, 0.1) is 0 Å². The number of halogens is 2. The lowest BCUT2D eigenvalue weighted by Crippen LogP contribution is -2.26. The van der Waals surface area contributed by atoms with Gasteiger partial charge in [-0.2, -0.15) is 5.10 Å². The Hall–Kier alpha value is -2.12. The van der Waals surface area contributed by atoms with Crippen molar-refractivity contribution in [3.63, 3.8) is 0 Å². The van der Waals surface area contributed by atoms with Crippen LogP contribution in [0.1, 0.15) is 11.7 Å². The minimum Gasteiger partial charge on any atom is -0.457 e. The third-order valence-electron chi connectivity index (χ3n) is 3.77. The SMILES string of the molecule is COC(c1ccc(Oc2ccc(Cl)cc2)cc1Cl)C(O)Cn1cncn1. The van der Waals surface area contributed by atoms with Gasteiger partial charge in [-0.25, -0.2) is 4.98 Å². The number of hydrogen-bond donors (Lipinski definition) is 1. The molecule has 1 aromatic heterocycles. The van der Waals surface area contributed by atoms with Crippen molar-refractivity contribution in [2.24, 2.45) is 0 Å². The molecule has 26 heavy (non-hydrogen) atoms. The summed E-state index contributed by atoms with van der Waals surface area (Å²) < 4.78 is 12.7. The molecule has 0 spiro atoms. The van der Waals surface area contributed by atoms with Crippen molar-refractivity contribution in [3.8, 4) is 11.5 Å². The summed E-state index contributed by atoms with van der Waals surface area (Å²) in [5, 5.41) is 15.5. The molecule has 3 aromatic rings. The van der Waals surface area contributed by atoms with Gasteiger partial charge in [-0.15, -0.1) is 0 Å². The van der Waals surface area contributed by atoms with E-state index >= 15 is 0 Å². The molecule has 1 N–H and O–H groups in total. The molecule has 3 rings (SSSR count). The van der Waals surface area contributed by atoms with E-state index in [1.807, 2.05) is 0 Å². The van der Waals surface area contributed by atoms with E-state index < -0.39 is 12.2 Å². The minimum atomic E-state index is -0.845. The van der Waals surface area contributed by atoms with Gasteiger partial charge in [0.25, 0.3) is 0 Å². The van der Waals surface area contributed by atoms with Crippen molar-refractivity contribution < 1.29 is 14.6 Å². The second-order valence-electron chi connectivity index (χ2n) is 5.58. The molecular weight excluding hydrogens is 377 g/mol. The molecule has 0 saturated carbocycles. The van der Waals surface area contributed by atoms with Crippen LogP contribution in [0.15, 0.2) is 55.1 Å². The molecule has 0 saturated heterocycles. The Morgan fingerprint density at radius 2 is 1.85 bits per heavy atom. The number of aliphatic hydroxyl groups excluding tert-OH is 1. The summed E-state index contributed by atoms with van der Waals surface area (Å²) >= 11 is 12.3. The summed E-state index contributed by atoms with van der Waals surface area (Å²) in [4.78, 5) is 3.86. The number of hydrogen-bond acceptors (Lipinski definition) is 5. The number of rotatable bonds is 7. The molecule has 1 heterocycles. The lowest BCUT2D eigenvalue weighted by atomic mass is 10.0. The molecule has 0 fully saturated rings. The highest BCUT2D eigenvalue weighted by molar-refractivity contribution is 6.31. The first kappa shape index (κ1) is 18.7. The Bertz CT molecular complexity index is 841. The average molecular weight is 394 g/mol. The van der Waals surface area contributed by atoms with E-state index in [9.17, 15) is 5.11 Å². The highest BCUT2D eigenvalue weighted by Crippen LogP contribution is 2.33. The standard InChI is InChI=1S/C18H17Cl2N3O3/c1-25-18(17(24)9-23-11-21-10-22-23)15-7-6-14(8-16(15)20)26-13-4-2-12(19)3-5-13/h2-8,10-11,17-18,24H,9H2,1H3. The molecule has 0 aliphatic heterocycles. The van der Waals surface area contributed by atoms with Crippen LogP contribution < -0.4 is 4.74 Å². The predicted octanol–water partition coefficient (Wildman–Crippen LogP) is 4.13. The largest absolute Gasteiger partial charge is 0.457 e. The van der Waals surface area contributed by atoms with Gasteiger partial charge >= 0.3 is 0 Å². The second-order valence-corrected chi connectivity index (χ2v) is 6.42. The highest BCUT2D eigenvalue weighted by Gasteiger charge is 2.24.